The van der Waals surface area contributed by atoms with Crippen LogP contribution < -0.4 is 0 Å². The van der Waals surface area contributed by atoms with Crippen LogP contribution in [-0.4, -0.2) is 0 Å². The maximum absolute atomic E-state index is 2.27. The molecule has 0 radical (unpaired) electrons. The summed E-state index contributed by atoms with van der Waals surface area (Å²) in [6.45, 7) is 0. The Kier molecular flexibility index (Phi) is 3.62. The van der Waals surface area contributed by atoms with E-state index in [2.05, 4.69) is 94.1 Å². The number of hydrogen-bond acceptors (Lipinski definition) is 4. The van der Waals surface area contributed by atoms with Gasteiger partial charge < -0.3 is 0 Å². The Balaban J connectivity index is 1.56. The van der Waals surface area contributed by atoms with E-state index in [1.165, 1.54) is 19.6 Å². The highest BCUT2D eigenvalue weighted by Crippen LogP contribution is 3.00. The summed E-state index contributed by atoms with van der Waals surface area (Å²) in [5.41, 5.74) is 0. The average Bonchev–Trinajstić information content (AvgIpc) is 3.02. The van der Waals surface area contributed by atoms with E-state index in [-0.39, 0.29) is 12.0 Å². The maximum atomic E-state index is 2.27. The fourth-order valence-corrected chi connectivity index (χ4v) is 26.4. The molecule has 6 heteroatoms. The molecule has 0 spiro atoms. The normalized spacial score (nSPS) is 18.9. The van der Waals surface area contributed by atoms with Crippen molar-refractivity contribution in [3.05, 3.63) is 48.5 Å². The summed E-state index contributed by atoms with van der Waals surface area (Å²) in [7, 11) is 0. The van der Waals surface area contributed by atoms with Gasteiger partial charge in [0.05, 0.1) is 12.0 Å². The zero-order valence-electron chi connectivity index (χ0n) is 9.15. The summed E-state index contributed by atoms with van der Waals surface area (Å²) in [5, 5.41) is 0. The number of benzene rings is 2. The van der Waals surface area contributed by atoms with Crippen LogP contribution >= 0.6 is 57.6 Å². The van der Waals surface area contributed by atoms with Crippen LogP contribution in [-0.2, 0) is 0 Å². The number of rotatable bonds is 1. The van der Waals surface area contributed by atoms with Gasteiger partial charge in [-0.05, 0) is 24.3 Å². The van der Waals surface area contributed by atoms with Gasteiger partial charge in [-0.3, -0.25) is 0 Å². The van der Waals surface area contributed by atoms with Crippen molar-refractivity contribution in [2.75, 3.05) is 0 Å². The van der Waals surface area contributed by atoms with Gasteiger partial charge in [0, 0.05) is 19.6 Å². The Labute approximate surface area is 125 Å². The lowest BCUT2D eigenvalue weighted by molar-refractivity contribution is 1.27. The third-order valence-corrected chi connectivity index (χ3v) is 26.2. The third-order valence-electron chi connectivity index (χ3n) is 2.54. The van der Waals surface area contributed by atoms with Crippen molar-refractivity contribution in [1.82, 2.24) is 0 Å². The number of hydrogen-bond donors (Lipinski definition) is 0. The van der Waals surface area contributed by atoms with Crippen LogP contribution in [0.3, 0.4) is 0 Å². The third kappa shape index (κ3) is 2.26. The molecule has 0 atom stereocenters. The molecular formula is C12H8P2S4. The lowest BCUT2D eigenvalue weighted by Crippen LogP contribution is -1.65. The molecule has 0 aliphatic carbocycles. The van der Waals surface area contributed by atoms with Crippen LogP contribution in [0, 0.1) is 0 Å². The quantitative estimate of drug-likeness (QED) is 0.498. The minimum Gasteiger partial charge on any atom is -0.0792 e. The van der Waals surface area contributed by atoms with Gasteiger partial charge in [0.15, 0.2) is 0 Å². The minimum atomic E-state index is 0.00463. The molecule has 2 heterocycles. The van der Waals surface area contributed by atoms with E-state index in [0.29, 0.717) is 0 Å². The summed E-state index contributed by atoms with van der Waals surface area (Å²) in [6.07, 6.45) is 0. The molecule has 0 bridgehead atoms. The molecule has 2 aliphatic heterocycles. The Morgan fingerprint density at radius 1 is 0.500 bits per heavy atom. The smallest absolute Gasteiger partial charge is 0.0693 e. The van der Waals surface area contributed by atoms with Crippen LogP contribution in [0.15, 0.2) is 68.1 Å². The SMILES string of the molecule is c1ccc2c(c1)SP(P1Sc3ccccc3S1)S2. The topological polar surface area (TPSA) is 0 Å². The van der Waals surface area contributed by atoms with Gasteiger partial charge in [0.2, 0.25) is 0 Å². The first kappa shape index (κ1) is 12.4. The van der Waals surface area contributed by atoms with Crippen molar-refractivity contribution < 1.29 is 0 Å². The first-order valence-corrected chi connectivity index (χ1v) is 14.5. The molecule has 2 aliphatic rings. The van der Waals surface area contributed by atoms with Gasteiger partial charge in [-0.15, -0.1) is 0 Å². The lowest BCUT2D eigenvalue weighted by Gasteiger charge is -2.13. The Morgan fingerprint density at radius 2 is 0.778 bits per heavy atom. The summed E-state index contributed by atoms with van der Waals surface area (Å²) in [5.74, 6) is 0. The fraction of sp³-hybridized carbons (Fsp3) is 0. The zero-order valence-corrected chi connectivity index (χ0v) is 14.2. The highest BCUT2D eigenvalue weighted by molar-refractivity contribution is 9.26. The molecule has 4 rings (SSSR count). The van der Waals surface area contributed by atoms with Gasteiger partial charge >= 0.3 is 0 Å². The van der Waals surface area contributed by atoms with Gasteiger partial charge in [-0.25, -0.2) is 0 Å². The second-order valence-electron chi connectivity index (χ2n) is 3.73. The van der Waals surface area contributed by atoms with E-state index in [1.807, 2.05) is 0 Å². The van der Waals surface area contributed by atoms with E-state index < -0.39 is 0 Å². The summed E-state index contributed by atoms with van der Waals surface area (Å²) in [6, 6.07) is 17.7. The monoisotopic (exact) mass is 342 g/mol. The fourth-order valence-electron chi connectivity index (χ4n) is 1.71. The highest BCUT2D eigenvalue weighted by Gasteiger charge is 2.36. The second-order valence-corrected chi connectivity index (χ2v) is 20.8. The van der Waals surface area contributed by atoms with Crippen LogP contribution in [0.2, 0.25) is 0 Å². The van der Waals surface area contributed by atoms with E-state index in [4.69, 9.17) is 0 Å². The van der Waals surface area contributed by atoms with E-state index >= 15 is 0 Å². The molecule has 0 N–H and O–H groups in total. The van der Waals surface area contributed by atoms with E-state index in [9.17, 15) is 0 Å². The van der Waals surface area contributed by atoms with Crippen LogP contribution in [0.1, 0.15) is 0 Å². The summed E-state index contributed by atoms with van der Waals surface area (Å²) >= 11 is 8.48. The van der Waals surface area contributed by atoms with Crippen molar-refractivity contribution in [3.8, 4) is 0 Å². The standard InChI is InChI=1S/C12H8P2S4/c1-2-6-10-9(5-1)15-13(16-10)14-17-11-7-3-4-8-12(11)18-14/h1-8H. The summed E-state index contributed by atoms with van der Waals surface area (Å²) in [4.78, 5) is 5.98. The molecule has 0 aromatic heterocycles. The van der Waals surface area contributed by atoms with Crippen LogP contribution in [0.25, 0.3) is 0 Å². The molecule has 0 fully saturated rings. The second kappa shape index (κ2) is 5.24. The molecule has 2 aromatic carbocycles. The molecule has 0 nitrogen and oxygen atoms in total. The first-order valence-electron chi connectivity index (χ1n) is 5.40. The summed E-state index contributed by atoms with van der Waals surface area (Å²) < 4.78 is 0. The molecule has 0 amide bonds. The van der Waals surface area contributed by atoms with E-state index in [0.717, 1.165) is 0 Å². The molecule has 0 saturated heterocycles. The molecule has 18 heavy (non-hydrogen) atoms. The Morgan fingerprint density at radius 3 is 1.06 bits per heavy atom. The van der Waals surface area contributed by atoms with Crippen LogP contribution in [0.5, 0.6) is 0 Å². The molecule has 0 saturated carbocycles. The Bertz CT molecular complexity index is 501. The van der Waals surface area contributed by atoms with Crippen LogP contribution in [0.4, 0.5) is 0 Å². The van der Waals surface area contributed by atoms with E-state index in [1.54, 1.807) is 0 Å². The van der Waals surface area contributed by atoms with Crippen molar-refractivity contribution in [1.29, 1.82) is 0 Å². The average molecular weight is 342 g/mol. The van der Waals surface area contributed by atoms with Crippen molar-refractivity contribution >= 4 is 57.6 Å². The highest BCUT2D eigenvalue weighted by atomic mass is 33.5. The van der Waals surface area contributed by atoms with Gasteiger partial charge in [0.25, 0.3) is 0 Å². The van der Waals surface area contributed by atoms with Crippen molar-refractivity contribution in [2.24, 2.45) is 0 Å². The molecular weight excluding hydrogens is 334 g/mol. The predicted octanol–water partition coefficient (Wildman–Crippen LogP) is 7.32. The largest absolute Gasteiger partial charge is 0.0792 e. The van der Waals surface area contributed by atoms with Crippen molar-refractivity contribution in [3.63, 3.8) is 0 Å². The van der Waals surface area contributed by atoms with Gasteiger partial charge in [-0.1, -0.05) is 69.8 Å². The maximum Gasteiger partial charge on any atom is 0.0693 e. The molecule has 90 valence electrons. The predicted molar refractivity (Wildman–Crippen MR) is 90.2 cm³/mol. The first-order chi connectivity index (χ1) is 8.90. The number of fused-ring (bicyclic) bond motifs is 2. The van der Waals surface area contributed by atoms with Gasteiger partial charge in [0.1, 0.15) is 0 Å². The van der Waals surface area contributed by atoms with Gasteiger partial charge in [-0.2, -0.15) is 0 Å². The zero-order chi connectivity index (χ0) is 11.9. The molecule has 0 unspecified atom stereocenters. The Hall–Kier alpha value is 0.700. The minimum absolute atomic E-state index is 0.00463. The molecule has 2 aromatic rings. The lowest BCUT2D eigenvalue weighted by atomic mass is 10.4. The van der Waals surface area contributed by atoms with Crippen molar-refractivity contribution in [2.45, 2.75) is 19.6 Å².